The van der Waals surface area contributed by atoms with Crippen molar-refractivity contribution in [1.82, 2.24) is 15.3 Å². The van der Waals surface area contributed by atoms with Gasteiger partial charge in [-0.05, 0) is 31.6 Å². The predicted molar refractivity (Wildman–Crippen MR) is 93.9 cm³/mol. The first kappa shape index (κ1) is 17.0. The van der Waals surface area contributed by atoms with Crippen LogP contribution in [-0.2, 0) is 11.3 Å². The van der Waals surface area contributed by atoms with Crippen LogP contribution < -0.4 is 15.8 Å². The topological polar surface area (TPSA) is 78.1 Å². The number of carbonyl (C=O) groups excluding carboxylic acids is 1. The molecule has 2 heterocycles. The number of aromatic amines is 1. The van der Waals surface area contributed by atoms with E-state index in [1.165, 1.54) is 12.5 Å². The molecule has 1 aromatic rings. The smallest absolute Gasteiger partial charge is 0.252 e. The molecule has 1 saturated carbocycles. The van der Waals surface area contributed by atoms with Gasteiger partial charge in [0.05, 0.1) is 12.2 Å². The van der Waals surface area contributed by atoms with Gasteiger partial charge in [0.25, 0.3) is 5.56 Å². The van der Waals surface area contributed by atoms with Crippen LogP contribution in [-0.4, -0.2) is 29.0 Å². The first-order valence-corrected chi connectivity index (χ1v) is 9.24. The SMILES string of the molecule is CC1CCN(c2nc(CNC(=O)C3CCCCC3)cc(=O)[nH]2)CC1. The molecule has 6 heteroatoms. The third-order valence-corrected chi connectivity index (χ3v) is 5.29. The molecular weight excluding hydrogens is 304 g/mol. The van der Waals surface area contributed by atoms with E-state index >= 15 is 0 Å². The number of amides is 1. The Labute approximate surface area is 143 Å². The van der Waals surface area contributed by atoms with Gasteiger partial charge in [0.15, 0.2) is 0 Å². The summed E-state index contributed by atoms with van der Waals surface area (Å²) in [5.41, 5.74) is 0.483. The molecule has 2 fully saturated rings. The van der Waals surface area contributed by atoms with Gasteiger partial charge in [-0.15, -0.1) is 0 Å². The highest BCUT2D eigenvalue weighted by atomic mass is 16.2. The Morgan fingerprint density at radius 3 is 2.67 bits per heavy atom. The molecule has 3 rings (SSSR count). The van der Waals surface area contributed by atoms with E-state index in [2.05, 4.69) is 27.1 Å². The van der Waals surface area contributed by atoms with Crippen LogP contribution in [0.15, 0.2) is 10.9 Å². The zero-order valence-corrected chi connectivity index (χ0v) is 14.5. The molecule has 0 atom stereocenters. The lowest BCUT2D eigenvalue weighted by atomic mass is 9.89. The Kier molecular flexibility index (Phi) is 5.53. The Morgan fingerprint density at radius 2 is 1.96 bits per heavy atom. The van der Waals surface area contributed by atoms with Crippen molar-refractivity contribution in [2.75, 3.05) is 18.0 Å². The van der Waals surface area contributed by atoms with Gasteiger partial charge in [-0.2, -0.15) is 0 Å². The fourth-order valence-corrected chi connectivity index (χ4v) is 3.64. The van der Waals surface area contributed by atoms with E-state index in [4.69, 9.17) is 0 Å². The molecule has 2 N–H and O–H groups in total. The summed E-state index contributed by atoms with van der Waals surface area (Å²) in [5.74, 6) is 1.59. The summed E-state index contributed by atoms with van der Waals surface area (Å²) in [5, 5.41) is 2.96. The number of hydrogen-bond donors (Lipinski definition) is 2. The predicted octanol–water partition coefficient (Wildman–Crippen LogP) is 2.20. The van der Waals surface area contributed by atoms with Crippen molar-refractivity contribution < 1.29 is 4.79 Å². The van der Waals surface area contributed by atoms with E-state index in [-0.39, 0.29) is 17.4 Å². The number of carbonyl (C=O) groups is 1. The van der Waals surface area contributed by atoms with E-state index < -0.39 is 0 Å². The van der Waals surface area contributed by atoms with Gasteiger partial charge >= 0.3 is 0 Å². The fraction of sp³-hybridized carbons (Fsp3) is 0.722. The summed E-state index contributed by atoms with van der Waals surface area (Å²) >= 11 is 0. The summed E-state index contributed by atoms with van der Waals surface area (Å²) < 4.78 is 0. The van der Waals surface area contributed by atoms with Crippen LogP contribution in [0.25, 0.3) is 0 Å². The maximum absolute atomic E-state index is 12.2. The lowest BCUT2D eigenvalue weighted by molar-refractivity contribution is -0.126. The zero-order chi connectivity index (χ0) is 16.9. The first-order chi connectivity index (χ1) is 11.6. The van der Waals surface area contributed by atoms with Gasteiger partial charge in [0.2, 0.25) is 11.9 Å². The summed E-state index contributed by atoms with van der Waals surface area (Å²) in [6, 6.07) is 1.48. The molecule has 1 saturated heterocycles. The lowest BCUT2D eigenvalue weighted by Crippen LogP contribution is -2.36. The molecule has 0 bridgehead atoms. The average molecular weight is 332 g/mol. The van der Waals surface area contributed by atoms with Crippen LogP contribution in [0.2, 0.25) is 0 Å². The highest BCUT2D eigenvalue weighted by Crippen LogP contribution is 2.23. The molecule has 6 nitrogen and oxygen atoms in total. The monoisotopic (exact) mass is 332 g/mol. The van der Waals surface area contributed by atoms with Crippen LogP contribution in [0, 0.1) is 11.8 Å². The standard InChI is InChI=1S/C18H28N4O2/c1-13-7-9-22(10-8-13)18-20-15(11-16(23)21-18)12-19-17(24)14-5-3-2-4-6-14/h11,13-14H,2-10,12H2,1H3,(H,19,24)(H,20,21,23). The molecule has 1 aromatic heterocycles. The van der Waals surface area contributed by atoms with Gasteiger partial charge in [0, 0.05) is 25.1 Å². The van der Waals surface area contributed by atoms with Crippen molar-refractivity contribution in [3.8, 4) is 0 Å². The normalized spacial score (nSPS) is 20.1. The van der Waals surface area contributed by atoms with E-state index in [0.717, 1.165) is 57.5 Å². The molecule has 0 spiro atoms. The molecular formula is C18H28N4O2. The van der Waals surface area contributed by atoms with Gasteiger partial charge in [-0.1, -0.05) is 26.2 Å². The average Bonchev–Trinajstić information content (AvgIpc) is 2.60. The Balaban J connectivity index is 1.61. The van der Waals surface area contributed by atoms with Crippen molar-refractivity contribution in [3.05, 3.63) is 22.1 Å². The van der Waals surface area contributed by atoms with Gasteiger partial charge in [-0.25, -0.2) is 4.98 Å². The van der Waals surface area contributed by atoms with Gasteiger partial charge in [-0.3, -0.25) is 14.6 Å². The number of rotatable bonds is 4. The third-order valence-electron chi connectivity index (χ3n) is 5.29. The minimum absolute atomic E-state index is 0.102. The van der Waals surface area contributed by atoms with Crippen molar-refractivity contribution in [2.45, 2.75) is 58.4 Å². The second-order valence-electron chi connectivity index (χ2n) is 7.28. The zero-order valence-electron chi connectivity index (χ0n) is 14.5. The highest BCUT2D eigenvalue weighted by Gasteiger charge is 2.21. The summed E-state index contributed by atoms with van der Waals surface area (Å²) in [6.45, 7) is 4.42. The van der Waals surface area contributed by atoms with Crippen LogP contribution in [0.3, 0.4) is 0 Å². The van der Waals surface area contributed by atoms with Gasteiger partial charge in [0.1, 0.15) is 0 Å². The number of nitrogens with zero attached hydrogens (tertiary/aromatic N) is 2. The summed E-state index contributed by atoms with van der Waals surface area (Å²) in [7, 11) is 0. The maximum Gasteiger partial charge on any atom is 0.252 e. The molecule has 24 heavy (non-hydrogen) atoms. The molecule has 1 aliphatic carbocycles. The van der Waals surface area contributed by atoms with Crippen molar-refractivity contribution in [1.29, 1.82) is 0 Å². The molecule has 2 aliphatic rings. The molecule has 0 unspecified atom stereocenters. The van der Waals surface area contributed by atoms with Crippen LogP contribution >= 0.6 is 0 Å². The lowest BCUT2D eigenvalue weighted by Gasteiger charge is -2.30. The second kappa shape index (κ2) is 7.81. The summed E-state index contributed by atoms with van der Waals surface area (Å²) in [6.07, 6.45) is 7.70. The number of H-pyrrole nitrogens is 1. The van der Waals surface area contributed by atoms with E-state index in [9.17, 15) is 9.59 Å². The van der Waals surface area contributed by atoms with Gasteiger partial charge < -0.3 is 10.2 Å². The minimum atomic E-state index is -0.152. The largest absolute Gasteiger partial charge is 0.350 e. The molecule has 0 radical (unpaired) electrons. The number of anilines is 1. The van der Waals surface area contributed by atoms with Crippen molar-refractivity contribution in [2.24, 2.45) is 11.8 Å². The van der Waals surface area contributed by atoms with E-state index in [1.807, 2.05) is 0 Å². The Bertz CT molecular complexity index is 614. The van der Waals surface area contributed by atoms with Crippen LogP contribution in [0.4, 0.5) is 5.95 Å². The van der Waals surface area contributed by atoms with Crippen LogP contribution in [0.1, 0.15) is 57.6 Å². The number of piperidine rings is 1. The minimum Gasteiger partial charge on any atom is -0.350 e. The number of nitrogens with one attached hydrogen (secondary N) is 2. The Morgan fingerprint density at radius 1 is 1.25 bits per heavy atom. The first-order valence-electron chi connectivity index (χ1n) is 9.24. The van der Waals surface area contributed by atoms with Crippen molar-refractivity contribution in [3.63, 3.8) is 0 Å². The number of aromatic nitrogens is 2. The van der Waals surface area contributed by atoms with E-state index in [0.29, 0.717) is 18.2 Å². The summed E-state index contributed by atoms with van der Waals surface area (Å²) in [4.78, 5) is 33.7. The Hall–Kier alpha value is -1.85. The highest BCUT2D eigenvalue weighted by molar-refractivity contribution is 5.78. The molecule has 132 valence electrons. The van der Waals surface area contributed by atoms with E-state index in [1.54, 1.807) is 0 Å². The van der Waals surface area contributed by atoms with Crippen molar-refractivity contribution >= 4 is 11.9 Å². The third kappa shape index (κ3) is 4.36. The number of hydrogen-bond acceptors (Lipinski definition) is 4. The fourth-order valence-electron chi connectivity index (χ4n) is 3.64. The second-order valence-corrected chi connectivity index (χ2v) is 7.28. The van der Waals surface area contributed by atoms with Crippen LogP contribution in [0.5, 0.6) is 0 Å². The molecule has 1 amide bonds. The quantitative estimate of drug-likeness (QED) is 0.886. The molecule has 1 aliphatic heterocycles. The maximum atomic E-state index is 12.2. The molecule has 0 aromatic carbocycles.